The smallest absolute Gasteiger partial charge is 0.355 e. The molecule has 0 radical (unpaired) electrons. The summed E-state index contributed by atoms with van der Waals surface area (Å²) in [4.78, 5) is 19.6. The minimum absolute atomic E-state index is 0.120. The van der Waals surface area contributed by atoms with Gasteiger partial charge in [-0.2, -0.15) is 4.68 Å². The number of fused-ring (bicyclic) bond motifs is 1. The molecule has 9 heteroatoms. The van der Waals surface area contributed by atoms with Gasteiger partial charge in [-0.3, -0.25) is 10.1 Å². The third kappa shape index (κ3) is 3.07. The van der Waals surface area contributed by atoms with Crippen molar-refractivity contribution in [2.75, 3.05) is 5.32 Å². The van der Waals surface area contributed by atoms with Crippen LogP contribution in [-0.2, 0) is 0 Å². The van der Waals surface area contributed by atoms with E-state index in [1.54, 1.807) is 12.1 Å². The molecule has 0 spiro atoms. The number of nitrogens with one attached hydrogen (secondary N) is 1. The Labute approximate surface area is 149 Å². The fourth-order valence-electron chi connectivity index (χ4n) is 3.44. The Balaban J connectivity index is 1.77. The molecule has 9 nitrogen and oxygen atoms in total. The summed E-state index contributed by atoms with van der Waals surface area (Å²) in [6.07, 6.45) is 7.97. The number of hydrogen-bond acceptors (Lipinski definition) is 7. The molecule has 4 rings (SSSR count). The maximum atomic E-state index is 11.8. The van der Waals surface area contributed by atoms with Crippen LogP contribution in [0.25, 0.3) is 16.9 Å². The van der Waals surface area contributed by atoms with E-state index in [0.29, 0.717) is 11.0 Å². The number of para-hydroxylation sites is 1. The van der Waals surface area contributed by atoms with Crippen LogP contribution in [0.4, 0.5) is 11.5 Å². The summed E-state index contributed by atoms with van der Waals surface area (Å²) in [5, 5.41) is 23.2. The predicted octanol–water partition coefficient (Wildman–Crippen LogP) is 3.25. The van der Waals surface area contributed by atoms with Crippen molar-refractivity contribution < 1.29 is 4.92 Å². The van der Waals surface area contributed by atoms with E-state index >= 15 is 0 Å². The first-order chi connectivity index (χ1) is 12.7. The molecule has 0 unspecified atom stereocenters. The Hall–Kier alpha value is -3.10. The summed E-state index contributed by atoms with van der Waals surface area (Å²) in [6.45, 7) is 0. The normalized spacial score (nSPS) is 15.7. The largest absolute Gasteiger partial charge is 0.361 e. The van der Waals surface area contributed by atoms with Crippen LogP contribution in [0.5, 0.6) is 0 Å². The van der Waals surface area contributed by atoms with Crippen LogP contribution in [0.2, 0.25) is 0 Å². The number of rotatable bonds is 4. The van der Waals surface area contributed by atoms with Gasteiger partial charge >= 0.3 is 5.69 Å². The third-order valence-corrected chi connectivity index (χ3v) is 4.73. The first-order valence-corrected chi connectivity index (χ1v) is 8.81. The van der Waals surface area contributed by atoms with Gasteiger partial charge in [-0.15, -0.1) is 5.10 Å². The summed E-state index contributed by atoms with van der Waals surface area (Å²) in [7, 11) is 0. The second-order valence-electron chi connectivity index (χ2n) is 6.47. The molecule has 2 aromatic heterocycles. The van der Waals surface area contributed by atoms with E-state index in [1.165, 1.54) is 23.9 Å². The molecule has 1 aliphatic carbocycles. The van der Waals surface area contributed by atoms with E-state index in [2.05, 4.69) is 25.6 Å². The second kappa shape index (κ2) is 7.03. The number of aromatic nitrogens is 5. The Kier molecular flexibility index (Phi) is 4.42. The van der Waals surface area contributed by atoms with Crippen molar-refractivity contribution in [1.29, 1.82) is 0 Å². The molecule has 1 aromatic carbocycles. The van der Waals surface area contributed by atoms with Crippen molar-refractivity contribution in [2.24, 2.45) is 0 Å². The standard InChI is InChI=1S/C17H19N7O2/c25-24(26)15-16(20-12-7-3-1-2-4-8-12)18-11-19-17(15)23-14-10-6-5-9-13(14)21-22-23/h5-6,9-12H,1-4,7-8H2,(H,18,19,20). The maximum Gasteiger partial charge on any atom is 0.355 e. The summed E-state index contributed by atoms with van der Waals surface area (Å²) in [5.41, 5.74) is 1.14. The molecule has 26 heavy (non-hydrogen) atoms. The van der Waals surface area contributed by atoms with Gasteiger partial charge < -0.3 is 5.32 Å². The number of nitrogens with zero attached hydrogens (tertiary/aromatic N) is 6. The average Bonchev–Trinajstić information content (AvgIpc) is 2.91. The number of benzene rings is 1. The van der Waals surface area contributed by atoms with Gasteiger partial charge in [-0.25, -0.2) is 9.97 Å². The van der Waals surface area contributed by atoms with Gasteiger partial charge in [0, 0.05) is 6.04 Å². The van der Waals surface area contributed by atoms with Crippen molar-refractivity contribution in [3.63, 3.8) is 0 Å². The van der Waals surface area contributed by atoms with E-state index in [0.717, 1.165) is 25.7 Å². The van der Waals surface area contributed by atoms with Crippen LogP contribution in [0.15, 0.2) is 30.6 Å². The summed E-state index contributed by atoms with van der Waals surface area (Å²) < 4.78 is 1.40. The van der Waals surface area contributed by atoms with E-state index < -0.39 is 4.92 Å². The molecule has 2 heterocycles. The first-order valence-electron chi connectivity index (χ1n) is 8.81. The first kappa shape index (κ1) is 16.4. The lowest BCUT2D eigenvalue weighted by Crippen LogP contribution is -2.21. The van der Waals surface area contributed by atoms with Crippen molar-refractivity contribution in [1.82, 2.24) is 25.0 Å². The SMILES string of the molecule is O=[N+]([O-])c1c(NC2CCCCCC2)ncnc1-n1nnc2ccccc21. The highest BCUT2D eigenvalue weighted by Crippen LogP contribution is 2.31. The van der Waals surface area contributed by atoms with Gasteiger partial charge in [0.15, 0.2) is 0 Å². The Bertz CT molecular complexity index is 932. The molecule has 1 fully saturated rings. The number of nitro groups is 1. The molecule has 0 atom stereocenters. The number of anilines is 1. The lowest BCUT2D eigenvalue weighted by atomic mass is 10.1. The highest BCUT2D eigenvalue weighted by Gasteiger charge is 2.27. The quantitative estimate of drug-likeness (QED) is 0.435. The van der Waals surface area contributed by atoms with Crippen LogP contribution in [-0.4, -0.2) is 35.9 Å². The van der Waals surface area contributed by atoms with Gasteiger partial charge in [0.1, 0.15) is 11.8 Å². The van der Waals surface area contributed by atoms with Crippen LogP contribution in [0.3, 0.4) is 0 Å². The van der Waals surface area contributed by atoms with E-state index in [9.17, 15) is 10.1 Å². The van der Waals surface area contributed by atoms with Crippen molar-refractivity contribution in [2.45, 2.75) is 44.6 Å². The Morgan fingerprint density at radius 2 is 1.88 bits per heavy atom. The van der Waals surface area contributed by atoms with Gasteiger partial charge in [-0.05, 0) is 25.0 Å². The zero-order valence-corrected chi connectivity index (χ0v) is 14.2. The molecule has 0 amide bonds. The van der Waals surface area contributed by atoms with Crippen molar-refractivity contribution >= 4 is 22.5 Å². The topological polar surface area (TPSA) is 112 Å². The van der Waals surface area contributed by atoms with Crippen molar-refractivity contribution in [3.8, 4) is 5.82 Å². The van der Waals surface area contributed by atoms with Crippen LogP contribution in [0, 0.1) is 10.1 Å². The van der Waals surface area contributed by atoms with Crippen LogP contribution < -0.4 is 5.32 Å². The summed E-state index contributed by atoms with van der Waals surface area (Å²) in [5.74, 6) is 0.362. The zero-order chi connectivity index (χ0) is 17.9. The van der Waals surface area contributed by atoms with Gasteiger partial charge in [0.2, 0.25) is 11.6 Å². The minimum Gasteiger partial charge on any atom is -0.361 e. The Morgan fingerprint density at radius 1 is 1.12 bits per heavy atom. The molecule has 1 aliphatic rings. The lowest BCUT2D eigenvalue weighted by molar-refractivity contribution is -0.384. The fraction of sp³-hybridized carbons (Fsp3) is 0.412. The maximum absolute atomic E-state index is 11.8. The highest BCUT2D eigenvalue weighted by molar-refractivity contribution is 5.77. The van der Waals surface area contributed by atoms with Crippen molar-refractivity contribution in [3.05, 3.63) is 40.7 Å². The van der Waals surface area contributed by atoms with E-state index in [1.807, 2.05) is 12.1 Å². The van der Waals surface area contributed by atoms with Crippen LogP contribution in [0.1, 0.15) is 38.5 Å². The summed E-state index contributed by atoms with van der Waals surface area (Å²) in [6, 6.07) is 7.47. The molecule has 0 saturated heterocycles. The number of hydrogen-bond donors (Lipinski definition) is 1. The molecule has 0 aliphatic heterocycles. The molecule has 0 bridgehead atoms. The van der Waals surface area contributed by atoms with E-state index in [-0.39, 0.29) is 23.4 Å². The van der Waals surface area contributed by atoms with E-state index in [4.69, 9.17) is 0 Å². The zero-order valence-electron chi connectivity index (χ0n) is 14.2. The average molecular weight is 353 g/mol. The van der Waals surface area contributed by atoms with Gasteiger partial charge in [0.25, 0.3) is 0 Å². The molecular formula is C17H19N7O2. The molecule has 1 N–H and O–H groups in total. The highest BCUT2D eigenvalue weighted by atomic mass is 16.6. The predicted molar refractivity (Wildman–Crippen MR) is 96.2 cm³/mol. The lowest BCUT2D eigenvalue weighted by Gasteiger charge is -2.17. The van der Waals surface area contributed by atoms with Crippen LogP contribution >= 0.6 is 0 Å². The monoisotopic (exact) mass is 353 g/mol. The fourth-order valence-corrected chi connectivity index (χ4v) is 3.44. The molecule has 3 aromatic rings. The molecule has 134 valence electrons. The minimum atomic E-state index is -0.454. The van der Waals surface area contributed by atoms with Gasteiger partial charge in [0.05, 0.1) is 10.4 Å². The summed E-state index contributed by atoms with van der Waals surface area (Å²) >= 11 is 0. The Morgan fingerprint density at radius 3 is 2.65 bits per heavy atom. The van der Waals surface area contributed by atoms with Gasteiger partial charge in [-0.1, -0.05) is 43.0 Å². The third-order valence-electron chi connectivity index (χ3n) is 4.73. The second-order valence-corrected chi connectivity index (χ2v) is 6.47. The molecular weight excluding hydrogens is 334 g/mol. The molecule has 1 saturated carbocycles.